The molecule has 2 heterocycles. The monoisotopic (exact) mass is 282 g/mol. The fourth-order valence-corrected chi connectivity index (χ4v) is 2.53. The first-order valence-corrected chi connectivity index (χ1v) is 6.56. The van der Waals surface area contributed by atoms with Crippen molar-refractivity contribution < 1.29 is 14.4 Å². The van der Waals surface area contributed by atoms with Gasteiger partial charge in [-0.15, -0.1) is 0 Å². The Hall–Kier alpha value is -1.96. The first kappa shape index (κ1) is 13.5. The number of aromatic nitrogens is 3. The second-order valence-corrected chi connectivity index (χ2v) is 4.70. The lowest BCUT2D eigenvalue weighted by Crippen LogP contribution is -2.11. The van der Waals surface area contributed by atoms with Crippen LogP contribution in [-0.4, -0.2) is 39.5 Å². The van der Waals surface area contributed by atoms with Crippen LogP contribution in [0.2, 0.25) is 0 Å². The molecule has 0 bridgehead atoms. The molecule has 0 spiro atoms. The summed E-state index contributed by atoms with van der Waals surface area (Å²) < 4.78 is 6.47. The maximum atomic E-state index is 11.1. The van der Waals surface area contributed by atoms with E-state index in [0.29, 0.717) is 12.3 Å². The third-order valence-electron chi connectivity index (χ3n) is 2.37. The Morgan fingerprint density at radius 2 is 2.37 bits per heavy atom. The van der Waals surface area contributed by atoms with Crippen molar-refractivity contribution in [3.8, 4) is 0 Å². The van der Waals surface area contributed by atoms with Crippen molar-refractivity contribution in [1.29, 1.82) is 0 Å². The van der Waals surface area contributed by atoms with Gasteiger partial charge in [-0.3, -0.25) is 0 Å². The van der Waals surface area contributed by atoms with Gasteiger partial charge in [0.25, 0.3) is 0 Å². The molecule has 8 heteroatoms. The molecule has 0 aliphatic heterocycles. The molecule has 0 saturated carbocycles. The van der Waals surface area contributed by atoms with Gasteiger partial charge in [-0.2, -0.15) is 5.10 Å². The number of aryl methyl sites for hydroxylation is 1. The summed E-state index contributed by atoms with van der Waals surface area (Å²) >= 11 is 1.47. The van der Waals surface area contributed by atoms with Crippen LogP contribution in [0, 0.1) is 6.92 Å². The summed E-state index contributed by atoms with van der Waals surface area (Å²) in [4.78, 5) is 21.9. The van der Waals surface area contributed by atoms with E-state index in [-0.39, 0.29) is 6.61 Å². The van der Waals surface area contributed by atoms with Gasteiger partial charge in [-0.25, -0.2) is 14.3 Å². The number of rotatable bonds is 5. The van der Waals surface area contributed by atoms with E-state index in [1.165, 1.54) is 17.7 Å². The molecule has 2 rings (SSSR count). The van der Waals surface area contributed by atoms with Crippen LogP contribution >= 0.6 is 11.3 Å². The minimum Gasteiger partial charge on any atom is -0.463 e. The van der Waals surface area contributed by atoms with Crippen molar-refractivity contribution in [3.63, 3.8) is 0 Å². The Bertz CT molecular complexity index is 617. The SMILES string of the molecule is CCOC(=O)CON=C(C)c1sc2ncnn2c1C. The smallest absolute Gasteiger partial charge is 0.347 e. The number of carbonyl (C=O) groups is 1. The maximum Gasteiger partial charge on any atom is 0.347 e. The Labute approximate surface area is 113 Å². The highest BCUT2D eigenvalue weighted by Gasteiger charge is 2.13. The first-order chi connectivity index (χ1) is 9.13. The van der Waals surface area contributed by atoms with Crippen LogP contribution < -0.4 is 0 Å². The molecule has 0 aliphatic rings. The third kappa shape index (κ3) is 2.90. The van der Waals surface area contributed by atoms with E-state index >= 15 is 0 Å². The van der Waals surface area contributed by atoms with Gasteiger partial charge in [-0.05, 0) is 20.8 Å². The molecule has 0 radical (unpaired) electrons. The lowest BCUT2D eigenvalue weighted by atomic mass is 10.3. The van der Waals surface area contributed by atoms with Gasteiger partial charge in [0.15, 0.2) is 0 Å². The molecule has 2 aromatic heterocycles. The number of thiazole rings is 1. The van der Waals surface area contributed by atoms with E-state index in [4.69, 9.17) is 9.57 Å². The zero-order valence-corrected chi connectivity index (χ0v) is 11.7. The molecule has 102 valence electrons. The van der Waals surface area contributed by atoms with Crippen molar-refractivity contribution in [2.24, 2.45) is 5.16 Å². The molecule has 0 aromatic carbocycles. The third-order valence-corrected chi connectivity index (χ3v) is 3.63. The summed E-state index contributed by atoms with van der Waals surface area (Å²) in [7, 11) is 0. The highest BCUT2D eigenvalue weighted by Crippen LogP contribution is 2.21. The Morgan fingerprint density at radius 1 is 1.58 bits per heavy atom. The molecule has 0 aliphatic carbocycles. The van der Waals surface area contributed by atoms with Crippen LogP contribution in [0.3, 0.4) is 0 Å². The largest absolute Gasteiger partial charge is 0.463 e. The minimum absolute atomic E-state index is 0.189. The molecule has 0 saturated heterocycles. The standard InChI is InChI=1S/C11H14N4O3S/c1-4-17-9(16)5-18-14-7(2)10-8(3)15-11(19-10)12-6-13-15/h6H,4-5H2,1-3H3. The Morgan fingerprint density at radius 3 is 3.05 bits per heavy atom. The predicted molar refractivity (Wildman–Crippen MR) is 70.4 cm³/mol. The van der Waals surface area contributed by atoms with Crippen molar-refractivity contribution in [2.45, 2.75) is 20.8 Å². The number of fused-ring (bicyclic) bond motifs is 1. The molecular formula is C11H14N4O3S. The minimum atomic E-state index is -0.432. The second kappa shape index (κ2) is 5.79. The Balaban J connectivity index is 2.06. The normalized spacial score (nSPS) is 11.8. The van der Waals surface area contributed by atoms with Gasteiger partial charge < -0.3 is 9.57 Å². The van der Waals surface area contributed by atoms with E-state index in [1.807, 2.05) is 13.8 Å². The van der Waals surface area contributed by atoms with Crippen molar-refractivity contribution in [2.75, 3.05) is 13.2 Å². The van der Waals surface area contributed by atoms with Gasteiger partial charge >= 0.3 is 5.97 Å². The highest BCUT2D eigenvalue weighted by molar-refractivity contribution is 7.19. The number of oxime groups is 1. The topological polar surface area (TPSA) is 78.1 Å². The van der Waals surface area contributed by atoms with E-state index in [1.54, 1.807) is 11.4 Å². The number of hydrogen-bond donors (Lipinski definition) is 0. The molecule has 19 heavy (non-hydrogen) atoms. The van der Waals surface area contributed by atoms with Gasteiger partial charge in [-0.1, -0.05) is 16.5 Å². The predicted octanol–water partition coefficient (Wildman–Crippen LogP) is 1.40. The van der Waals surface area contributed by atoms with Gasteiger partial charge in [0.05, 0.1) is 22.9 Å². The van der Waals surface area contributed by atoms with Crippen LogP contribution in [0.25, 0.3) is 4.96 Å². The van der Waals surface area contributed by atoms with E-state index < -0.39 is 5.97 Å². The summed E-state index contributed by atoms with van der Waals surface area (Å²) in [6.07, 6.45) is 1.51. The zero-order valence-electron chi connectivity index (χ0n) is 10.9. The van der Waals surface area contributed by atoms with Crippen LogP contribution in [0.5, 0.6) is 0 Å². The summed E-state index contributed by atoms with van der Waals surface area (Å²) in [5.41, 5.74) is 1.62. The summed E-state index contributed by atoms with van der Waals surface area (Å²) in [5.74, 6) is -0.432. The van der Waals surface area contributed by atoms with Gasteiger partial charge in [0, 0.05) is 0 Å². The number of hydrogen-bond acceptors (Lipinski definition) is 7. The lowest BCUT2D eigenvalue weighted by molar-refractivity contribution is -0.148. The highest BCUT2D eigenvalue weighted by atomic mass is 32.1. The summed E-state index contributed by atoms with van der Waals surface area (Å²) in [5, 5.41) is 8.01. The summed E-state index contributed by atoms with van der Waals surface area (Å²) in [6.45, 7) is 5.62. The van der Waals surface area contributed by atoms with E-state index in [0.717, 1.165) is 15.5 Å². The second-order valence-electron chi connectivity index (χ2n) is 3.73. The molecule has 0 N–H and O–H groups in total. The molecule has 0 amide bonds. The average Bonchev–Trinajstić information content (AvgIpc) is 2.93. The van der Waals surface area contributed by atoms with Crippen molar-refractivity contribution in [1.82, 2.24) is 14.6 Å². The van der Waals surface area contributed by atoms with Crippen LogP contribution in [0.1, 0.15) is 24.4 Å². The fraction of sp³-hybridized carbons (Fsp3) is 0.455. The van der Waals surface area contributed by atoms with Gasteiger partial charge in [0.2, 0.25) is 11.6 Å². The maximum absolute atomic E-state index is 11.1. The van der Waals surface area contributed by atoms with Crippen molar-refractivity contribution >= 4 is 28.0 Å². The van der Waals surface area contributed by atoms with Crippen LogP contribution in [0.4, 0.5) is 0 Å². The number of nitrogens with zero attached hydrogens (tertiary/aromatic N) is 4. The van der Waals surface area contributed by atoms with E-state index in [9.17, 15) is 4.79 Å². The molecular weight excluding hydrogens is 268 g/mol. The average molecular weight is 282 g/mol. The van der Waals surface area contributed by atoms with Crippen molar-refractivity contribution in [3.05, 3.63) is 16.9 Å². The number of ether oxygens (including phenoxy) is 1. The van der Waals surface area contributed by atoms with Gasteiger partial charge in [0.1, 0.15) is 6.33 Å². The zero-order chi connectivity index (χ0) is 13.8. The molecule has 0 unspecified atom stereocenters. The van der Waals surface area contributed by atoms with Crippen LogP contribution in [-0.2, 0) is 14.4 Å². The molecule has 0 fully saturated rings. The van der Waals surface area contributed by atoms with Crippen LogP contribution in [0.15, 0.2) is 11.5 Å². The van der Waals surface area contributed by atoms with E-state index in [2.05, 4.69) is 15.2 Å². The molecule has 0 atom stereocenters. The quantitative estimate of drug-likeness (QED) is 0.470. The fourth-order valence-electron chi connectivity index (χ4n) is 1.55. The summed E-state index contributed by atoms with van der Waals surface area (Å²) in [6, 6.07) is 0. The Kier molecular flexibility index (Phi) is 4.10. The first-order valence-electron chi connectivity index (χ1n) is 5.75. The molecule has 7 nitrogen and oxygen atoms in total. The number of esters is 1. The lowest BCUT2D eigenvalue weighted by Gasteiger charge is -2.01. The number of carbonyl (C=O) groups excluding carboxylic acids is 1. The molecule has 2 aromatic rings.